The van der Waals surface area contributed by atoms with E-state index in [1.807, 2.05) is 12.1 Å². The number of anilines is 1. The largest absolute Gasteiger partial charge is 0.368 e. The fourth-order valence-corrected chi connectivity index (χ4v) is 2.52. The Labute approximate surface area is 132 Å². The molecule has 2 aromatic heterocycles. The number of hydrogen-bond donors (Lipinski definition) is 1. The molecule has 0 atom stereocenters. The van der Waals surface area contributed by atoms with Crippen LogP contribution in [0.2, 0.25) is 0 Å². The number of nitrogens with zero attached hydrogens (tertiary/aromatic N) is 3. The van der Waals surface area contributed by atoms with E-state index in [1.165, 1.54) is 25.0 Å². The predicted octanol–water partition coefficient (Wildman–Crippen LogP) is 3.17. The summed E-state index contributed by atoms with van der Waals surface area (Å²) in [4.78, 5) is 15.0. The molecule has 1 N–H and O–H groups in total. The quantitative estimate of drug-likeness (QED) is 0.735. The van der Waals surface area contributed by atoms with Crippen molar-refractivity contribution in [1.29, 1.82) is 0 Å². The normalized spacial score (nSPS) is 14.1. The number of aromatic nitrogens is 3. The van der Waals surface area contributed by atoms with Gasteiger partial charge in [0, 0.05) is 12.1 Å². The van der Waals surface area contributed by atoms with Crippen LogP contribution in [0.15, 0.2) is 36.5 Å². The van der Waals surface area contributed by atoms with Crippen molar-refractivity contribution in [2.75, 3.05) is 11.9 Å². The van der Waals surface area contributed by atoms with E-state index in [2.05, 4.69) is 15.4 Å². The molecule has 1 saturated carbocycles. The van der Waals surface area contributed by atoms with Crippen LogP contribution in [-0.2, 0) is 0 Å². The summed E-state index contributed by atoms with van der Waals surface area (Å²) in [6, 6.07) is 8.26. The van der Waals surface area contributed by atoms with Crippen molar-refractivity contribution < 1.29 is 9.18 Å². The average molecular weight is 310 g/mol. The second-order valence-electron chi connectivity index (χ2n) is 5.81. The number of imidazole rings is 1. The number of halogens is 1. The van der Waals surface area contributed by atoms with Crippen molar-refractivity contribution in [1.82, 2.24) is 14.6 Å². The maximum Gasteiger partial charge on any atom is 0.154 e. The molecule has 0 aliphatic heterocycles. The topological polar surface area (TPSA) is 59.3 Å². The third-order valence-corrected chi connectivity index (χ3v) is 4.05. The van der Waals surface area contributed by atoms with Gasteiger partial charge in [-0.1, -0.05) is 6.07 Å². The van der Waals surface area contributed by atoms with E-state index in [9.17, 15) is 9.18 Å². The summed E-state index contributed by atoms with van der Waals surface area (Å²) in [5.41, 5.74) is 2.05. The van der Waals surface area contributed by atoms with E-state index in [4.69, 9.17) is 0 Å². The van der Waals surface area contributed by atoms with Crippen LogP contribution in [0, 0.1) is 11.7 Å². The standard InChI is InChI=1S/C17H15FN4O/c18-14-7-12(3-4-13(14)10-23)15-9-20-17-6-5-16(21-22(15)17)19-8-11-1-2-11/h3-7,9-11H,1-2,8H2,(H,19,21). The molecule has 0 unspecified atom stereocenters. The molecule has 6 heteroatoms. The second-order valence-corrected chi connectivity index (χ2v) is 5.81. The number of benzene rings is 1. The maximum atomic E-state index is 13.8. The molecule has 1 aromatic carbocycles. The van der Waals surface area contributed by atoms with E-state index >= 15 is 0 Å². The van der Waals surface area contributed by atoms with Gasteiger partial charge in [-0.3, -0.25) is 4.79 Å². The minimum Gasteiger partial charge on any atom is -0.368 e. The lowest BCUT2D eigenvalue weighted by molar-refractivity contribution is 0.112. The lowest BCUT2D eigenvalue weighted by atomic mass is 10.1. The molecule has 4 rings (SSSR count). The summed E-state index contributed by atoms with van der Waals surface area (Å²) < 4.78 is 15.5. The monoisotopic (exact) mass is 310 g/mol. The molecule has 0 radical (unpaired) electrons. The Kier molecular flexibility index (Phi) is 3.29. The number of carbonyl (C=O) groups excluding carboxylic acids is 1. The first kappa shape index (κ1) is 13.9. The minimum atomic E-state index is -0.546. The zero-order valence-corrected chi connectivity index (χ0v) is 12.4. The number of fused-ring (bicyclic) bond motifs is 1. The van der Waals surface area contributed by atoms with Crippen LogP contribution in [0.25, 0.3) is 16.9 Å². The van der Waals surface area contributed by atoms with Gasteiger partial charge in [-0.15, -0.1) is 5.10 Å². The zero-order valence-electron chi connectivity index (χ0n) is 12.4. The summed E-state index contributed by atoms with van der Waals surface area (Å²) >= 11 is 0. The highest BCUT2D eigenvalue weighted by atomic mass is 19.1. The van der Waals surface area contributed by atoms with Crippen LogP contribution in [0.5, 0.6) is 0 Å². The van der Waals surface area contributed by atoms with Crippen LogP contribution in [-0.4, -0.2) is 27.4 Å². The van der Waals surface area contributed by atoms with E-state index in [-0.39, 0.29) is 5.56 Å². The summed E-state index contributed by atoms with van der Waals surface area (Å²) in [6.07, 6.45) is 4.70. The molecule has 0 amide bonds. The van der Waals surface area contributed by atoms with E-state index < -0.39 is 5.82 Å². The molecule has 116 valence electrons. The lowest BCUT2D eigenvalue weighted by Crippen LogP contribution is -2.07. The fraction of sp³-hybridized carbons (Fsp3) is 0.235. The third kappa shape index (κ3) is 2.67. The highest BCUT2D eigenvalue weighted by Gasteiger charge is 2.20. The third-order valence-electron chi connectivity index (χ3n) is 4.05. The van der Waals surface area contributed by atoms with Crippen molar-refractivity contribution in [3.8, 4) is 11.3 Å². The summed E-state index contributed by atoms with van der Waals surface area (Å²) in [5.74, 6) is 0.976. The first-order valence-corrected chi connectivity index (χ1v) is 7.58. The molecule has 1 aliphatic carbocycles. The number of hydrogen-bond acceptors (Lipinski definition) is 4. The Morgan fingerprint density at radius 2 is 2.17 bits per heavy atom. The van der Waals surface area contributed by atoms with Crippen LogP contribution < -0.4 is 5.32 Å². The van der Waals surface area contributed by atoms with Gasteiger partial charge in [-0.25, -0.2) is 13.9 Å². The molecule has 5 nitrogen and oxygen atoms in total. The smallest absolute Gasteiger partial charge is 0.154 e. The van der Waals surface area contributed by atoms with Crippen molar-refractivity contribution in [3.63, 3.8) is 0 Å². The van der Waals surface area contributed by atoms with Gasteiger partial charge in [0.1, 0.15) is 11.6 Å². The lowest BCUT2D eigenvalue weighted by Gasteiger charge is -2.07. The maximum absolute atomic E-state index is 13.8. The van der Waals surface area contributed by atoms with E-state index in [0.717, 1.165) is 18.3 Å². The highest BCUT2D eigenvalue weighted by Crippen LogP contribution is 2.29. The molecule has 3 aromatic rings. The van der Waals surface area contributed by atoms with Gasteiger partial charge in [0.05, 0.1) is 17.5 Å². The average Bonchev–Trinajstić information content (AvgIpc) is 3.30. The second kappa shape index (κ2) is 5.46. The first-order chi connectivity index (χ1) is 11.2. The van der Waals surface area contributed by atoms with Gasteiger partial charge < -0.3 is 5.32 Å². The first-order valence-electron chi connectivity index (χ1n) is 7.58. The van der Waals surface area contributed by atoms with Crippen molar-refractivity contribution in [3.05, 3.63) is 47.9 Å². The summed E-state index contributed by atoms with van der Waals surface area (Å²) in [7, 11) is 0. The Balaban J connectivity index is 1.72. The SMILES string of the molecule is O=Cc1ccc(-c2cnc3ccc(NCC4CC4)nn23)cc1F. The van der Waals surface area contributed by atoms with E-state index in [1.54, 1.807) is 16.8 Å². The van der Waals surface area contributed by atoms with Crippen LogP contribution in [0.3, 0.4) is 0 Å². The Morgan fingerprint density at radius 3 is 2.91 bits per heavy atom. The van der Waals surface area contributed by atoms with Crippen LogP contribution in [0.1, 0.15) is 23.2 Å². The molecular weight excluding hydrogens is 295 g/mol. The Morgan fingerprint density at radius 1 is 1.30 bits per heavy atom. The molecular formula is C17H15FN4O. The highest BCUT2D eigenvalue weighted by molar-refractivity contribution is 5.77. The van der Waals surface area contributed by atoms with Gasteiger partial charge in [-0.2, -0.15) is 0 Å². The van der Waals surface area contributed by atoms with Crippen molar-refractivity contribution in [2.24, 2.45) is 5.92 Å². The number of aldehydes is 1. The number of carbonyl (C=O) groups is 1. The number of nitrogens with one attached hydrogen (secondary N) is 1. The van der Waals surface area contributed by atoms with Gasteiger partial charge in [0.25, 0.3) is 0 Å². The molecule has 2 heterocycles. The molecule has 23 heavy (non-hydrogen) atoms. The number of rotatable bonds is 5. The molecule has 0 bridgehead atoms. The van der Waals surface area contributed by atoms with Gasteiger partial charge in [0.2, 0.25) is 0 Å². The Bertz CT molecular complexity index is 885. The Hall–Kier alpha value is -2.76. The van der Waals surface area contributed by atoms with Crippen LogP contribution in [0.4, 0.5) is 10.2 Å². The molecule has 1 fully saturated rings. The molecule has 0 spiro atoms. The predicted molar refractivity (Wildman–Crippen MR) is 85.0 cm³/mol. The van der Waals surface area contributed by atoms with Crippen molar-refractivity contribution in [2.45, 2.75) is 12.8 Å². The van der Waals surface area contributed by atoms with Gasteiger partial charge in [0.15, 0.2) is 11.9 Å². The summed E-state index contributed by atoms with van der Waals surface area (Å²) in [6.45, 7) is 0.922. The minimum absolute atomic E-state index is 0.0438. The molecule has 0 saturated heterocycles. The summed E-state index contributed by atoms with van der Waals surface area (Å²) in [5, 5.41) is 7.85. The van der Waals surface area contributed by atoms with Crippen molar-refractivity contribution >= 4 is 17.8 Å². The van der Waals surface area contributed by atoms with E-state index in [0.29, 0.717) is 23.2 Å². The molecule has 1 aliphatic rings. The van der Waals surface area contributed by atoms with Crippen LogP contribution >= 0.6 is 0 Å². The van der Waals surface area contributed by atoms with Gasteiger partial charge in [-0.05, 0) is 43.0 Å². The van der Waals surface area contributed by atoms with Gasteiger partial charge >= 0.3 is 0 Å². The fourth-order valence-electron chi connectivity index (χ4n) is 2.52. The zero-order chi connectivity index (χ0) is 15.8.